The lowest BCUT2D eigenvalue weighted by atomic mass is 10.0. The molecule has 8 nitrogen and oxygen atoms in total. The summed E-state index contributed by atoms with van der Waals surface area (Å²) < 4.78 is 5.80. The third kappa shape index (κ3) is 4.02. The van der Waals surface area contributed by atoms with Crippen molar-refractivity contribution in [3.63, 3.8) is 0 Å². The van der Waals surface area contributed by atoms with E-state index in [2.05, 4.69) is 5.32 Å². The first-order chi connectivity index (χ1) is 9.97. The molecule has 2 rings (SSSR count). The summed E-state index contributed by atoms with van der Waals surface area (Å²) in [6.45, 7) is 3.17. The second-order valence-electron chi connectivity index (χ2n) is 5.23. The molecule has 0 saturated carbocycles. The van der Waals surface area contributed by atoms with Crippen molar-refractivity contribution < 1.29 is 14.1 Å². The SMILES string of the molecule is Cc1cc(=O)n(C(=O)CN(CC(N)=O)C2CCNCC2)o1. The van der Waals surface area contributed by atoms with Gasteiger partial charge in [0, 0.05) is 12.1 Å². The van der Waals surface area contributed by atoms with Crippen LogP contribution >= 0.6 is 0 Å². The second kappa shape index (κ2) is 6.68. The molecular weight excluding hydrogens is 276 g/mol. The lowest BCUT2D eigenvalue weighted by Gasteiger charge is -2.33. The maximum Gasteiger partial charge on any atom is 0.290 e. The first-order valence-corrected chi connectivity index (χ1v) is 6.93. The molecule has 0 bridgehead atoms. The Morgan fingerprint density at radius 2 is 2.10 bits per heavy atom. The van der Waals surface area contributed by atoms with E-state index in [1.54, 1.807) is 11.8 Å². The van der Waals surface area contributed by atoms with Crippen LogP contribution in [0.5, 0.6) is 0 Å². The highest BCUT2D eigenvalue weighted by molar-refractivity contribution is 5.81. The van der Waals surface area contributed by atoms with Crippen LogP contribution in [0.3, 0.4) is 0 Å². The van der Waals surface area contributed by atoms with Gasteiger partial charge in [-0.05, 0) is 32.9 Å². The zero-order chi connectivity index (χ0) is 15.4. The molecule has 1 aliphatic rings. The average Bonchev–Trinajstić information content (AvgIpc) is 2.77. The Hall–Kier alpha value is -1.93. The highest BCUT2D eigenvalue weighted by atomic mass is 16.5. The van der Waals surface area contributed by atoms with E-state index in [1.807, 2.05) is 0 Å². The molecular formula is C13H20N4O4. The summed E-state index contributed by atoms with van der Waals surface area (Å²) in [7, 11) is 0. The molecule has 1 fully saturated rings. The number of hydrogen-bond acceptors (Lipinski definition) is 6. The molecule has 1 aromatic heterocycles. The monoisotopic (exact) mass is 296 g/mol. The van der Waals surface area contributed by atoms with Crippen molar-refractivity contribution in [2.24, 2.45) is 5.73 Å². The van der Waals surface area contributed by atoms with E-state index >= 15 is 0 Å². The number of carbonyl (C=O) groups is 2. The number of amides is 1. The Labute approximate surface area is 121 Å². The number of nitrogens with two attached hydrogens (primary N) is 1. The summed E-state index contributed by atoms with van der Waals surface area (Å²) in [5.74, 6) is -0.617. The van der Waals surface area contributed by atoms with Gasteiger partial charge in [-0.1, -0.05) is 0 Å². The van der Waals surface area contributed by atoms with Crippen LogP contribution in [0, 0.1) is 6.92 Å². The van der Waals surface area contributed by atoms with E-state index in [0.29, 0.717) is 5.76 Å². The second-order valence-corrected chi connectivity index (χ2v) is 5.23. The fraction of sp³-hybridized carbons (Fsp3) is 0.615. The quantitative estimate of drug-likeness (QED) is 0.716. The van der Waals surface area contributed by atoms with Gasteiger partial charge in [-0.15, -0.1) is 4.74 Å². The fourth-order valence-electron chi connectivity index (χ4n) is 2.55. The minimum Gasteiger partial charge on any atom is -0.373 e. The number of nitrogens with zero attached hydrogens (tertiary/aromatic N) is 2. The molecule has 0 aromatic carbocycles. The van der Waals surface area contributed by atoms with Crippen molar-refractivity contribution in [1.82, 2.24) is 15.0 Å². The number of aromatic nitrogens is 1. The van der Waals surface area contributed by atoms with Crippen LogP contribution in [0.1, 0.15) is 23.4 Å². The van der Waals surface area contributed by atoms with Crippen LogP contribution in [0.4, 0.5) is 0 Å². The molecule has 1 aromatic rings. The number of aryl methyl sites for hydroxylation is 1. The molecule has 8 heteroatoms. The van der Waals surface area contributed by atoms with Crippen molar-refractivity contribution in [3.05, 3.63) is 22.2 Å². The molecule has 1 aliphatic heterocycles. The van der Waals surface area contributed by atoms with E-state index in [0.717, 1.165) is 30.7 Å². The molecule has 1 amide bonds. The predicted octanol–water partition coefficient (Wildman–Crippen LogP) is -1.07. The van der Waals surface area contributed by atoms with Gasteiger partial charge in [0.05, 0.1) is 13.1 Å². The molecule has 0 spiro atoms. The smallest absolute Gasteiger partial charge is 0.290 e. The van der Waals surface area contributed by atoms with E-state index in [-0.39, 0.29) is 19.1 Å². The number of carbonyl (C=O) groups excluding carboxylic acids is 2. The largest absolute Gasteiger partial charge is 0.373 e. The van der Waals surface area contributed by atoms with Crippen LogP contribution in [0.2, 0.25) is 0 Å². The predicted molar refractivity (Wildman–Crippen MR) is 75.0 cm³/mol. The summed E-state index contributed by atoms with van der Waals surface area (Å²) in [6.07, 6.45) is 1.65. The van der Waals surface area contributed by atoms with Gasteiger partial charge >= 0.3 is 0 Å². The highest BCUT2D eigenvalue weighted by Gasteiger charge is 2.25. The van der Waals surface area contributed by atoms with Crippen molar-refractivity contribution in [1.29, 1.82) is 0 Å². The molecule has 0 radical (unpaired) electrons. The topological polar surface area (TPSA) is 111 Å². The fourth-order valence-corrected chi connectivity index (χ4v) is 2.55. The maximum absolute atomic E-state index is 12.2. The molecule has 21 heavy (non-hydrogen) atoms. The lowest BCUT2D eigenvalue weighted by Crippen LogP contribution is -2.49. The van der Waals surface area contributed by atoms with Crippen molar-refractivity contribution in [2.75, 3.05) is 26.2 Å². The van der Waals surface area contributed by atoms with E-state index in [1.165, 1.54) is 6.07 Å². The summed E-state index contributed by atoms with van der Waals surface area (Å²) >= 11 is 0. The number of hydrogen-bond donors (Lipinski definition) is 2. The van der Waals surface area contributed by atoms with Crippen molar-refractivity contribution in [2.45, 2.75) is 25.8 Å². The zero-order valence-electron chi connectivity index (χ0n) is 12.0. The van der Waals surface area contributed by atoms with Crippen LogP contribution in [0.25, 0.3) is 0 Å². The van der Waals surface area contributed by atoms with Gasteiger partial charge in [0.2, 0.25) is 5.91 Å². The van der Waals surface area contributed by atoms with Gasteiger partial charge in [0.1, 0.15) is 5.76 Å². The molecule has 1 saturated heterocycles. The number of piperidine rings is 1. The summed E-state index contributed by atoms with van der Waals surface area (Å²) in [5, 5.41) is 3.22. The number of nitrogens with one attached hydrogen (secondary N) is 1. The Morgan fingerprint density at radius 3 is 2.62 bits per heavy atom. The summed E-state index contributed by atoms with van der Waals surface area (Å²) in [5.41, 5.74) is 4.75. The molecule has 3 N–H and O–H groups in total. The minimum absolute atomic E-state index is 0.00908. The third-order valence-electron chi connectivity index (χ3n) is 3.51. The van der Waals surface area contributed by atoms with E-state index in [4.69, 9.17) is 10.3 Å². The van der Waals surface area contributed by atoms with Crippen LogP contribution in [-0.2, 0) is 4.79 Å². The Balaban J connectivity index is 2.10. The maximum atomic E-state index is 12.2. The summed E-state index contributed by atoms with van der Waals surface area (Å²) in [6, 6.07) is 1.34. The van der Waals surface area contributed by atoms with Gasteiger partial charge in [-0.2, -0.15) is 0 Å². The molecule has 0 aliphatic carbocycles. The van der Waals surface area contributed by atoms with E-state index < -0.39 is 17.4 Å². The first-order valence-electron chi connectivity index (χ1n) is 6.93. The molecule has 2 heterocycles. The van der Waals surface area contributed by atoms with Gasteiger partial charge in [-0.25, -0.2) is 0 Å². The van der Waals surface area contributed by atoms with Gasteiger partial charge in [0.25, 0.3) is 11.5 Å². The van der Waals surface area contributed by atoms with Crippen molar-refractivity contribution in [3.8, 4) is 0 Å². The van der Waals surface area contributed by atoms with Gasteiger partial charge in [-0.3, -0.25) is 19.3 Å². The standard InChI is InChI=1S/C13H20N4O4/c1-9-6-12(19)17(21-9)13(20)8-16(7-11(14)18)10-2-4-15-5-3-10/h6,10,15H,2-5,7-8H2,1H3,(H2,14,18). The Morgan fingerprint density at radius 1 is 1.43 bits per heavy atom. The van der Waals surface area contributed by atoms with Crippen molar-refractivity contribution >= 4 is 11.8 Å². The average molecular weight is 296 g/mol. The van der Waals surface area contributed by atoms with E-state index in [9.17, 15) is 14.4 Å². The number of primary amides is 1. The minimum atomic E-state index is -0.498. The lowest BCUT2D eigenvalue weighted by molar-refractivity contribution is -0.119. The molecule has 0 atom stereocenters. The number of rotatable bonds is 5. The van der Waals surface area contributed by atoms with Crippen LogP contribution in [-0.4, -0.2) is 53.7 Å². The normalized spacial score (nSPS) is 16.3. The Kier molecular flexibility index (Phi) is 4.92. The highest BCUT2D eigenvalue weighted by Crippen LogP contribution is 2.11. The zero-order valence-corrected chi connectivity index (χ0v) is 12.0. The molecule has 116 valence electrons. The third-order valence-corrected chi connectivity index (χ3v) is 3.51. The van der Waals surface area contributed by atoms with Crippen LogP contribution in [0.15, 0.2) is 15.4 Å². The summed E-state index contributed by atoms with van der Waals surface area (Å²) in [4.78, 5) is 36.7. The van der Waals surface area contributed by atoms with Crippen LogP contribution < -0.4 is 16.6 Å². The Bertz CT molecular complexity index is 571. The van der Waals surface area contributed by atoms with Gasteiger partial charge in [0.15, 0.2) is 0 Å². The van der Waals surface area contributed by atoms with Gasteiger partial charge < -0.3 is 15.6 Å². The first kappa shape index (κ1) is 15.5. The molecule has 0 unspecified atom stereocenters.